The van der Waals surface area contributed by atoms with Crippen molar-refractivity contribution < 1.29 is 0 Å². The summed E-state index contributed by atoms with van der Waals surface area (Å²) in [5.41, 5.74) is 9.50. The van der Waals surface area contributed by atoms with E-state index in [-0.39, 0.29) is 5.11 Å². The van der Waals surface area contributed by atoms with Crippen LogP contribution in [0.4, 0.5) is 0 Å². The molecule has 2 aromatic rings. The summed E-state index contributed by atoms with van der Waals surface area (Å²) in [7, 11) is 0. The van der Waals surface area contributed by atoms with E-state index in [0.717, 1.165) is 16.5 Å². The quantitative estimate of drug-likeness (QED) is 0.435. The summed E-state index contributed by atoms with van der Waals surface area (Å²) < 4.78 is 0. The Hall–Kier alpha value is -1.59. The van der Waals surface area contributed by atoms with Crippen LogP contribution in [0.5, 0.6) is 0 Å². The van der Waals surface area contributed by atoms with Gasteiger partial charge in [0.2, 0.25) is 0 Å². The lowest BCUT2D eigenvalue weighted by atomic mass is 10.2. The van der Waals surface area contributed by atoms with Crippen molar-refractivity contribution in [1.29, 1.82) is 0 Å². The van der Waals surface area contributed by atoms with Gasteiger partial charge in [-0.25, -0.2) is 0 Å². The molecule has 0 bridgehead atoms. The number of nitrogens with one attached hydrogen (secondary N) is 2. The maximum Gasteiger partial charge on any atom is 0.184 e. The molecule has 0 saturated heterocycles. The molecule has 0 unspecified atom stereocenters. The molecular weight excluding hydrogens is 244 g/mol. The van der Waals surface area contributed by atoms with E-state index in [4.69, 9.17) is 17.3 Å². The first kappa shape index (κ1) is 10.9. The summed E-state index contributed by atoms with van der Waals surface area (Å²) in [4.78, 5) is 3.05. The van der Waals surface area contributed by atoms with Crippen LogP contribution in [-0.2, 0) is 0 Å². The number of benzene rings is 1. The Morgan fingerprint density at radius 3 is 3.00 bits per heavy atom. The van der Waals surface area contributed by atoms with Crippen LogP contribution in [0.1, 0.15) is 5.56 Å². The zero-order chi connectivity index (χ0) is 11.5. The van der Waals surface area contributed by atoms with Crippen molar-refractivity contribution in [3.8, 4) is 0 Å². The summed E-state index contributed by atoms with van der Waals surface area (Å²) in [6.07, 6.45) is 1.58. The molecular formula is C10H9ClN4S. The number of hydrazone groups is 1. The molecule has 4 N–H and O–H groups in total. The number of hydrogen-bond acceptors (Lipinski definition) is 2. The Morgan fingerprint density at radius 1 is 1.50 bits per heavy atom. The molecule has 1 heterocycles. The van der Waals surface area contributed by atoms with E-state index in [1.54, 1.807) is 6.21 Å². The van der Waals surface area contributed by atoms with E-state index in [9.17, 15) is 0 Å². The minimum absolute atomic E-state index is 0.118. The van der Waals surface area contributed by atoms with Gasteiger partial charge in [0.1, 0.15) is 5.15 Å². The fourth-order valence-corrected chi connectivity index (χ4v) is 1.72. The molecule has 0 fully saturated rings. The SMILES string of the molecule is NC(=S)NN=Cc1c(Cl)[nH]c2ccccc12. The van der Waals surface area contributed by atoms with Crippen LogP contribution in [0.3, 0.4) is 0 Å². The van der Waals surface area contributed by atoms with Gasteiger partial charge in [0, 0.05) is 16.5 Å². The molecule has 0 radical (unpaired) electrons. The fraction of sp³-hybridized carbons (Fsp3) is 0. The van der Waals surface area contributed by atoms with Gasteiger partial charge in [0.05, 0.1) is 6.21 Å². The number of fused-ring (bicyclic) bond motifs is 1. The zero-order valence-corrected chi connectivity index (χ0v) is 9.77. The van der Waals surface area contributed by atoms with E-state index < -0.39 is 0 Å². The molecule has 0 aliphatic rings. The first-order valence-electron chi connectivity index (χ1n) is 4.53. The molecule has 0 aliphatic carbocycles. The summed E-state index contributed by atoms with van der Waals surface area (Å²) in [5.74, 6) is 0. The third kappa shape index (κ3) is 2.15. The maximum atomic E-state index is 6.04. The molecule has 1 aromatic carbocycles. The van der Waals surface area contributed by atoms with Gasteiger partial charge in [0.15, 0.2) is 5.11 Å². The van der Waals surface area contributed by atoms with Crippen molar-refractivity contribution in [2.24, 2.45) is 10.8 Å². The third-order valence-corrected chi connectivity index (χ3v) is 2.46. The second-order valence-electron chi connectivity index (χ2n) is 3.13. The highest BCUT2D eigenvalue weighted by Gasteiger charge is 2.06. The van der Waals surface area contributed by atoms with Gasteiger partial charge in [-0.15, -0.1) is 0 Å². The lowest BCUT2D eigenvalue weighted by molar-refractivity contribution is 1.04. The third-order valence-electron chi connectivity index (χ3n) is 2.07. The summed E-state index contributed by atoms with van der Waals surface area (Å²) >= 11 is 10.7. The van der Waals surface area contributed by atoms with Crippen LogP contribution in [0, 0.1) is 0 Å². The fourth-order valence-electron chi connectivity index (χ4n) is 1.42. The van der Waals surface area contributed by atoms with Gasteiger partial charge in [-0.1, -0.05) is 29.8 Å². The molecule has 0 saturated carbocycles. The lowest BCUT2D eigenvalue weighted by Crippen LogP contribution is -2.23. The van der Waals surface area contributed by atoms with Gasteiger partial charge in [-0.3, -0.25) is 5.43 Å². The minimum Gasteiger partial charge on any atom is -0.375 e. The number of aromatic nitrogens is 1. The monoisotopic (exact) mass is 252 g/mol. The first-order valence-corrected chi connectivity index (χ1v) is 5.32. The summed E-state index contributed by atoms with van der Waals surface area (Å²) in [6, 6.07) is 7.77. The number of para-hydroxylation sites is 1. The second kappa shape index (κ2) is 4.51. The predicted octanol–water partition coefficient (Wildman–Crippen LogP) is 1.99. The normalized spacial score (nSPS) is 11.1. The van der Waals surface area contributed by atoms with Gasteiger partial charge in [0.25, 0.3) is 0 Å². The second-order valence-corrected chi connectivity index (χ2v) is 3.95. The van der Waals surface area contributed by atoms with E-state index in [1.807, 2.05) is 24.3 Å². The van der Waals surface area contributed by atoms with E-state index in [1.165, 1.54) is 0 Å². The number of H-pyrrole nitrogens is 1. The Bertz CT molecular complexity index is 561. The van der Waals surface area contributed by atoms with Crippen LogP contribution in [0.15, 0.2) is 29.4 Å². The number of nitrogens with zero attached hydrogens (tertiary/aromatic N) is 1. The highest BCUT2D eigenvalue weighted by molar-refractivity contribution is 7.80. The molecule has 0 aliphatic heterocycles. The van der Waals surface area contributed by atoms with Crippen molar-refractivity contribution >= 4 is 46.0 Å². The number of halogens is 1. The van der Waals surface area contributed by atoms with Crippen molar-refractivity contribution in [2.45, 2.75) is 0 Å². The van der Waals surface area contributed by atoms with Gasteiger partial charge in [-0.05, 0) is 18.3 Å². The van der Waals surface area contributed by atoms with E-state index >= 15 is 0 Å². The van der Waals surface area contributed by atoms with Gasteiger partial charge in [-0.2, -0.15) is 5.10 Å². The molecule has 0 atom stereocenters. The zero-order valence-electron chi connectivity index (χ0n) is 8.20. The Morgan fingerprint density at radius 2 is 2.25 bits per heavy atom. The van der Waals surface area contributed by atoms with Crippen LogP contribution in [-0.4, -0.2) is 16.3 Å². The number of hydrogen-bond donors (Lipinski definition) is 3. The molecule has 6 heteroatoms. The maximum absolute atomic E-state index is 6.04. The predicted molar refractivity (Wildman–Crippen MR) is 70.8 cm³/mol. The Balaban J connectivity index is 2.39. The van der Waals surface area contributed by atoms with Crippen molar-refractivity contribution in [3.05, 3.63) is 35.0 Å². The average Bonchev–Trinajstić information content (AvgIpc) is 2.55. The number of aromatic amines is 1. The Kier molecular flexibility index (Phi) is 3.07. The van der Waals surface area contributed by atoms with Crippen LogP contribution < -0.4 is 11.2 Å². The number of nitrogens with two attached hydrogens (primary N) is 1. The highest BCUT2D eigenvalue weighted by atomic mass is 35.5. The Labute approximate surface area is 102 Å². The van der Waals surface area contributed by atoms with Crippen molar-refractivity contribution in [2.75, 3.05) is 0 Å². The minimum atomic E-state index is 0.118. The van der Waals surface area contributed by atoms with E-state index in [0.29, 0.717) is 5.15 Å². The van der Waals surface area contributed by atoms with Gasteiger partial charge < -0.3 is 10.7 Å². The lowest BCUT2D eigenvalue weighted by Gasteiger charge is -1.94. The molecule has 0 spiro atoms. The number of rotatable bonds is 2. The van der Waals surface area contributed by atoms with E-state index in [2.05, 4.69) is 27.7 Å². The average molecular weight is 253 g/mol. The summed E-state index contributed by atoms with van der Waals surface area (Å²) in [5, 5.41) is 5.53. The smallest absolute Gasteiger partial charge is 0.184 e. The topological polar surface area (TPSA) is 66.2 Å². The standard InChI is InChI=1S/C10H9ClN4S/c11-9-7(5-13-15-10(12)16)6-3-1-2-4-8(6)14-9/h1-5,14H,(H3,12,15,16). The van der Waals surface area contributed by atoms with Crippen LogP contribution in [0.25, 0.3) is 10.9 Å². The summed E-state index contributed by atoms with van der Waals surface area (Å²) in [6.45, 7) is 0. The van der Waals surface area contributed by atoms with Crippen LogP contribution in [0.2, 0.25) is 5.15 Å². The molecule has 16 heavy (non-hydrogen) atoms. The molecule has 82 valence electrons. The molecule has 2 rings (SSSR count). The van der Waals surface area contributed by atoms with Crippen LogP contribution >= 0.6 is 23.8 Å². The van der Waals surface area contributed by atoms with Crippen molar-refractivity contribution in [3.63, 3.8) is 0 Å². The van der Waals surface area contributed by atoms with Crippen molar-refractivity contribution in [1.82, 2.24) is 10.4 Å². The largest absolute Gasteiger partial charge is 0.375 e. The highest BCUT2D eigenvalue weighted by Crippen LogP contribution is 2.23. The molecule has 4 nitrogen and oxygen atoms in total. The number of thiocarbonyl (C=S) groups is 1. The molecule has 1 aromatic heterocycles. The van der Waals surface area contributed by atoms with Gasteiger partial charge >= 0.3 is 0 Å². The first-order chi connectivity index (χ1) is 7.68. The molecule has 0 amide bonds.